The monoisotopic (exact) mass is 390 g/mol. The van der Waals surface area contributed by atoms with Crippen LogP contribution in [0.2, 0.25) is 5.02 Å². The number of halogens is 2. The molecule has 0 bridgehead atoms. The Kier molecular flexibility index (Phi) is 5.65. The van der Waals surface area contributed by atoms with Crippen molar-refractivity contribution in [1.82, 2.24) is 4.90 Å². The van der Waals surface area contributed by atoms with E-state index in [0.29, 0.717) is 11.4 Å². The van der Waals surface area contributed by atoms with Crippen LogP contribution < -0.4 is 9.64 Å². The van der Waals surface area contributed by atoms with Gasteiger partial charge in [0.05, 0.1) is 18.7 Å². The molecule has 0 aliphatic carbocycles. The smallest absolute Gasteiger partial charge is 0.228 e. The predicted molar refractivity (Wildman–Crippen MR) is 101 cm³/mol. The molecule has 2 aromatic rings. The molecule has 142 valence electrons. The van der Waals surface area contributed by atoms with Crippen molar-refractivity contribution < 1.29 is 18.7 Å². The van der Waals surface area contributed by atoms with Gasteiger partial charge in [-0.05, 0) is 24.3 Å². The molecule has 1 heterocycles. The molecule has 1 unspecified atom stereocenters. The number of carbonyl (C=O) groups excluding carboxylic acids is 2. The maximum atomic E-state index is 14.0. The second-order valence-electron chi connectivity index (χ2n) is 6.47. The molecule has 1 atom stereocenters. The third-order valence-corrected chi connectivity index (χ3v) is 5.04. The lowest BCUT2D eigenvalue weighted by molar-refractivity contribution is -0.135. The molecule has 3 rings (SSSR count). The Bertz CT molecular complexity index is 854. The van der Waals surface area contributed by atoms with E-state index in [-0.39, 0.29) is 41.9 Å². The highest BCUT2D eigenvalue weighted by molar-refractivity contribution is 6.31. The van der Waals surface area contributed by atoms with E-state index in [0.717, 1.165) is 0 Å². The second-order valence-corrected chi connectivity index (χ2v) is 6.88. The van der Waals surface area contributed by atoms with Crippen LogP contribution in [0.25, 0.3) is 0 Å². The van der Waals surface area contributed by atoms with Crippen LogP contribution in [0.1, 0.15) is 12.0 Å². The van der Waals surface area contributed by atoms with Gasteiger partial charge in [0.2, 0.25) is 11.8 Å². The average molecular weight is 391 g/mol. The quantitative estimate of drug-likeness (QED) is 0.785. The zero-order chi connectivity index (χ0) is 19.6. The summed E-state index contributed by atoms with van der Waals surface area (Å²) in [5.41, 5.74) is 0.904. The molecule has 0 saturated carbocycles. The molecule has 0 spiro atoms. The Hall–Kier alpha value is -2.60. The fourth-order valence-corrected chi connectivity index (χ4v) is 3.49. The number of carbonyl (C=O) groups is 2. The van der Waals surface area contributed by atoms with Crippen LogP contribution >= 0.6 is 11.6 Å². The number of hydrogen-bond donors (Lipinski definition) is 0. The van der Waals surface area contributed by atoms with Crippen molar-refractivity contribution in [3.8, 4) is 5.75 Å². The first-order chi connectivity index (χ1) is 12.9. The minimum Gasteiger partial charge on any atom is -0.495 e. The highest BCUT2D eigenvalue weighted by Gasteiger charge is 2.37. The second kappa shape index (κ2) is 7.96. The lowest BCUT2D eigenvalue weighted by Crippen LogP contribution is -2.34. The summed E-state index contributed by atoms with van der Waals surface area (Å²) < 4.78 is 19.3. The van der Waals surface area contributed by atoms with Crippen LogP contribution in [0, 0.1) is 11.7 Å². The van der Waals surface area contributed by atoms with Crippen molar-refractivity contribution >= 4 is 29.1 Å². The van der Waals surface area contributed by atoms with Gasteiger partial charge in [-0.25, -0.2) is 4.39 Å². The molecule has 5 nitrogen and oxygen atoms in total. The van der Waals surface area contributed by atoms with Crippen molar-refractivity contribution in [3.05, 3.63) is 58.9 Å². The van der Waals surface area contributed by atoms with Crippen LogP contribution in [0.5, 0.6) is 5.75 Å². The number of hydrogen-bond acceptors (Lipinski definition) is 3. The summed E-state index contributed by atoms with van der Waals surface area (Å²) in [5, 5.41) is 0.271. The van der Waals surface area contributed by atoms with Gasteiger partial charge in [0.15, 0.2) is 0 Å². The molecule has 1 saturated heterocycles. The third kappa shape index (κ3) is 3.90. The van der Waals surface area contributed by atoms with Crippen molar-refractivity contribution in [2.45, 2.75) is 13.0 Å². The van der Waals surface area contributed by atoms with E-state index in [1.54, 1.807) is 30.1 Å². The maximum Gasteiger partial charge on any atom is 0.228 e. The SMILES string of the molecule is COc1ccccc1N1CC(C(=O)N(C)Cc2c(F)cccc2Cl)CC1=O. The largest absolute Gasteiger partial charge is 0.495 e. The van der Waals surface area contributed by atoms with Gasteiger partial charge in [0.1, 0.15) is 11.6 Å². The number of nitrogens with zero attached hydrogens (tertiary/aromatic N) is 2. The zero-order valence-corrected chi connectivity index (χ0v) is 15.9. The first-order valence-electron chi connectivity index (χ1n) is 8.53. The Labute approximate surface area is 162 Å². The van der Waals surface area contributed by atoms with Gasteiger partial charge in [-0.1, -0.05) is 29.8 Å². The number of benzene rings is 2. The van der Waals surface area contributed by atoms with E-state index in [2.05, 4.69) is 0 Å². The standard InChI is InChI=1S/C20H20ClFN2O3/c1-23(12-14-15(21)6-5-7-16(14)22)20(26)13-10-19(25)24(11-13)17-8-3-4-9-18(17)27-2/h3-9,13H,10-12H2,1-2H3. The minimum absolute atomic E-state index is 0.0453. The summed E-state index contributed by atoms with van der Waals surface area (Å²) in [7, 11) is 3.12. The molecule has 1 aliphatic heterocycles. The molecule has 0 N–H and O–H groups in total. The fraction of sp³-hybridized carbons (Fsp3) is 0.300. The van der Waals surface area contributed by atoms with Crippen molar-refractivity contribution in [3.63, 3.8) is 0 Å². The highest BCUT2D eigenvalue weighted by atomic mass is 35.5. The Morgan fingerprint density at radius 2 is 2.04 bits per heavy atom. The summed E-state index contributed by atoms with van der Waals surface area (Å²) in [6.45, 7) is 0.303. The Balaban J connectivity index is 1.74. The van der Waals surface area contributed by atoms with Crippen molar-refractivity contribution in [2.75, 3.05) is 25.6 Å². The van der Waals surface area contributed by atoms with Gasteiger partial charge in [0.25, 0.3) is 0 Å². The van der Waals surface area contributed by atoms with Crippen LogP contribution in [-0.2, 0) is 16.1 Å². The van der Waals surface area contributed by atoms with Gasteiger partial charge < -0.3 is 14.5 Å². The van der Waals surface area contributed by atoms with Crippen LogP contribution in [0.15, 0.2) is 42.5 Å². The van der Waals surface area contributed by atoms with E-state index >= 15 is 0 Å². The molecule has 2 amide bonds. The summed E-state index contributed by atoms with van der Waals surface area (Å²) in [6.07, 6.45) is 0.103. The minimum atomic E-state index is -0.502. The van der Waals surface area contributed by atoms with Crippen molar-refractivity contribution in [1.29, 1.82) is 0 Å². The van der Waals surface area contributed by atoms with E-state index < -0.39 is 11.7 Å². The Morgan fingerprint density at radius 1 is 1.30 bits per heavy atom. The van der Waals surface area contributed by atoms with Crippen LogP contribution in [0.3, 0.4) is 0 Å². The summed E-state index contributed by atoms with van der Waals surface area (Å²) >= 11 is 6.04. The van der Waals surface area contributed by atoms with E-state index in [1.807, 2.05) is 12.1 Å². The average Bonchev–Trinajstić information content (AvgIpc) is 3.05. The van der Waals surface area contributed by atoms with Gasteiger partial charge >= 0.3 is 0 Å². The molecule has 0 aromatic heterocycles. The van der Waals surface area contributed by atoms with Gasteiger partial charge in [0, 0.05) is 37.1 Å². The highest BCUT2D eigenvalue weighted by Crippen LogP contribution is 2.33. The van der Waals surface area contributed by atoms with Gasteiger partial charge in [-0.15, -0.1) is 0 Å². The summed E-state index contributed by atoms with van der Waals surface area (Å²) in [5.74, 6) is -0.751. The molecular formula is C20H20ClFN2O3. The third-order valence-electron chi connectivity index (χ3n) is 4.68. The number of ether oxygens (including phenoxy) is 1. The molecular weight excluding hydrogens is 371 g/mol. The van der Waals surface area contributed by atoms with Gasteiger partial charge in [-0.2, -0.15) is 0 Å². The molecule has 1 fully saturated rings. The molecule has 7 heteroatoms. The fourth-order valence-electron chi connectivity index (χ4n) is 3.27. The lowest BCUT2D eigenvalue weighted by atomic mass is 10.1. The zero-order valence-electron chi connectivity index (χ0n) is 15.1. The normalized spacial score (nSPS) is 16.5. The van der Waals surface area contributed by atoms with E-state index in [9.17, 15) is 14.0 Å². The number of amides is 2. The van der Waals surface area contributed by atoms with Crippen LogP contribution in [0.4, 0.5) is 10.1 Å². The summed E-state index contributed by atoms with van der Waals surface area (Å²) in [4.78, 5) is 28.2. The lowest BCUT2D eigenvalue weighted by Gasteiger charge is -2.23. The first-order valence-corrected chi connectivity index (χ1v) is 8.91. The number of para-hydroxylation sites is 2. The molecule has 0 radical (unpaired) electrons. The first kappa shape index (κ1) is 19.2. The topological polar surface area (TPSA) is 49.9 Å². The number of anilines is 1. The molecule has 27 heavy (non-hydrogen) atoms. The predicted octanol–water partition coefficient (Wildman–Crippen LogP) is 3.50. The van der Waals surface area contributed by atoms with E-state index in [4.69, 9.17) is 16.3 Å². The van der Waals surface area contributed by atoms with Crippen LogP contribution in [-0.4, -0.2) is 37.4 Å². The Morgan fingerprint density at radius 3 is 2.74 bits per heavy atom. The maximum absolute atomic E-state index is 14.0. The molecule has 2 aromatic carbocycles. The number of rotatable bonds is 5. The summed E-state index contributed by atoms with van der Waals surface area (Å²) in [6, 6.07) is 11.6. The van der Waals surface area contributed by atoms with Crippen molar-refractivity contribution in [2.24, 2.45) is 5.92 Å². The number of methoxy groups -OCH3 is 1. The van der Waals surface area contributed by atoms with Gasteiger partial charge in [-0.3, -0.25) is 9.59 Å². The molecule has 1 aliphatic rings. The van der Waals surface area contributed by atoms with E-state index in [1.165, 1.54) is 24.1 Å².